The van der Waals surface area contributed by atoms with Gasteiger partial charge in [0.1, 0.15) is 41.5 Å². The Balaban J connectivity index is 0.711. The van der Waals surface area contributed by atoms with Gasteiger partial charge < -0.3 is 45.4 Å². The number of fused-ring (bicyclic) bond motifs is 4. The monoisotopic (exact) mass is 1100 g/mol. The number of β-amino-alcohol motifs (C(OH)–C–C–N with tert-alkyl or cyclic N) is 1. The smallest absolute Gasteiger partial charge is 0.319 e. The largest absolute Gasteiger partial charge is 0.508 e. The molecule has 4 aliphatic heterocycles. The van der Waals surface area contributed by atoms with Gasteiger partial charge in [-0.2, -0.15) is 9.97 Å². The van der Waals surface area contributed by atoms with E-state index in [4.69, 9.17) is 24.4 Å². The number of phenolic OH excluding ortho intramolecular Hbond substituents is 1. The fourth-order valence-electron chi connectivity index (χ4n) is 12.0. The highest BCUT2D eigenvalue weighted by Gasteiger charge is 2.45. The SMILES string of the molecule is CCc1cccc2cc(O)cc(-c3ncc4c(N5C[C@H]6CC[C@@H](C5)N6)nc(OC[C@@H]5CCCN5CCCCOCCC(=O)N[C@H](C(=O)N5C[C@H](O)C[C@H]5C(=O)N[C@@H](C)c5ccc(-c6scnc6C)cc5)C(C)(C)C)nc4c3F)c12. The Morgan fingerprint density at radius 1 is 0.975 bits per heavy atom. The molecule has 0 aliphatic carbocycles. The highest BCUT2D eigenvalue weighted by Crippen LogP contribution is 2.40. The molecule has 0 radical (unpaired) electrons. The second-order valence-corrected chi connectivity index (χ2v) is 23.9. The van der Waals surface area contributed by atoms with Gasteiger partial charge in [0.05, 0.1) is 40.2 Å². The van der Waals surface area contributed by atoms with Gasteiger partial charge in [-0.25, -0.2) is 9.37 Å². The topological polar surface area (TPSA) is 208 Å². The van der Waals surface area contributed by atoms with Crippen molar-refractivity contribution >= 4 is 56.6 Å². The molecule has 79 heavy (non-hydrogen) atoms. The number of unbranched alkanes of at least 4 members (excludes halogenated alkanes) is 1. The molecular formula is C60H75FN10O7S. The molecule has 17 nitrogen and oxygen atoms in total. The zero-order chi connectivity index (χ0) is 55.5. The van der Waals surface area contributed by atoms with Crippen LogP contribution in [0.2, 0.25) is 0 Å². The molecule has 420 valence electrons. The third-order valence-electron chi connectivity index (χ3n) is 16.3. The van der Waals surface area contributed by atoms with E-state index in [1.54, 1.807) is 29.7 Å². The van der Waals surface area contributed by atoms with Crippen molar-refractivity contribution < 1.29 is 38.5 Å². The molecule has 4 aliphatic rings. The van der Waals surface area contributed by atoms with Gasteiger partial charge in [0.15, 0.2) is 5.82 Å². The highest BCUT2D eigenvalue weighted by molar-refractivity contribution is 7.13. The average Bonchev–Trinajstić information content (AvgIpc) is 4.39. The lowest BCUT2D eigenvalue weighted by Gasteiger charge is -2.35. The standard InChI is InChI=1S/C60H75FN10O7S/c1-7-37-12-10-13-40-26-44(72)27-46(50(37)40)52-51(61)53-47(29-62-52)56(70-30-41-19-20-42(31-70)65-41)68-59(67-53)78-33-43-14-11-23-69(43)22-8-9-24-77-25-21-49(74)66-55(60(4,5)6)58(76)71-32-45(73)28-48(71)57(75)64-35(2)38-15-17-39(18-16-38)54-36(3)63-34-79-54/h10,12-13,15-18,26-27,29,34-35,41-43,45,48,55,65,72-73H,7-9,11,14,19-25,28,30-33H2,1-6H3,(H,64,75)(H,66,74)/t35-,41-,42+,43-,45+,48-,55+/m0/s1. The summed E-state index contributed by atoms with van der Waals surface area (Å²) in [6.45, 7) is 15.7. The number of halogens is 1. The average molecular weight is 1100 g/mol. The summed E-state index contributed by atoms with van der Waals surface area (Å²) in [5, 5.41) is 33.3. The van der Waals surface area contributed by atoms with Gasteiger partial charge in [-0.3, -0.25) is 24.3 Å². The molecule has 0 spiro atoms. The molecule has 4 fully saturated rings. The van der Waals surface area contributed by atoms with Gasteiger partial charge in [0.2, 0.25) is 17.7 Å². The molecule has 3 aromatic carbocycles. The van der Waals surface area contributed by atoms with Gasteiger partial charge in [-0.1, -0.05) is 70.2 Å². The van der Waals surface area contributed by atoms with Crippen LogP contribution in [-0.4, -0.2) is 147 Å². The fourth-order valence-corrected chi connectivity index (χ4v) is 12.9. The van der Waals surface area contributed by atoms with Crippen molar-refractivity contribution in [3.63, 3.8) is 0 Å². The van der Waals surface area contributed by atoms with Crippen LogP contribution in [0.15, 0.2) is 66.3 Å². The first-order chi connectivity index (χ1) is 38.0. The molecule has 7 heterocycles. The number of nitrogens with one attached hydrogen (secondary N) is 3. The van der Waals surface area contributed by atoms with Crippen LogP contribution in [0.1, 0.15) is 109 Å². The molecule has 0 saturated carbocycles. The number of pyridine rings is 1. The second kappa shape index (κ2) is 24.1. The van der Waals surface area contributed by atoms with E-state index in [0.717, 1.165) is 109 Å². The van der Waals surface area contributed by atoms with Crippen molar-refractivity contribution in [2.45, 2.75) is 142 Å². The molecule has 0 unspecified atom stereocenters. The molecule has 10 rings (SSSR count). The molecule has 5 N–H and O–H groups in total. The van der Waals surface area contributed by atoms with E-state index in [9.17, 15) is 24.6 Å². The summed E-state index contributed by atoms with van der Waals surface area (Å²) in [7, 11) is 0. The molecule has 6 aromatic rings. The van der Waals surface area contributed by atoms with Crippen LogP contribution in [-0.2, 0) is 25.5 Å². The first-order valence-corrected chi connectivity index (χ1v) is 29.1. The van der Waals surface area contributed by atoms with Crippen LogP contribution in [0.4, 0.5) is 10.2 Å². The van der Waals surface area contributed by atoms with Crippen molar-refractivity contribution in [3.05, 3.63) is 88.9 Å². The van der Waals surface area contributed by atoms with E-state index < -0.39 is 35.3 Å². The third-order valence-corrected chi connectivity index (χ3v) is 17.2. The van der Waals surface area contributed by atoms with Crippen LogP contribution in [0.3, 0.4) is 0 Å². The molecule has 4 saturated heterocycles. The zero-order valence-electron chi connectivity index (χ0n) is 46.3. The van der Waals surface area contributed by atoms with E-state index >= 15 is 4.39 Å². The summed E-state index contributed by atoms with van der Waals surface area (Å²) in [5.74, 6) is -1.05. The number of amides is 3. The minimum atomic E-state index is -0.937. The van der Waals surface area contributed by atoms with E-state index in [1.165, 1.54) is 4.90 Å². The van der Waals surface area contributed by atoms with E-state index in [1.807, 2.05) is 82.6 Å². The number of likely N-dealkylation sites (tertiary alicyclic amines) is 2. The predicted octanol–water partition coefficient (Wildman–Crippen LogP) is 8.02. The second-order valence-electron chi connectivity index (χ2n) is 23.0. The number of hydrogen-bond acceptors (Lipinski definition) is 15. The number of anilines is 1. The van der Waals surface area contributed by atoms with Crippen LogP contribution in [0, 0.1) is 18.2 Å². The number of aliphatic hydroxyl groups is 1. The normalized spacial score (nSPS) is 21.2. The van der Waals surface area contributed by atoms with Crippen LogP contribution >= 0.6 is 11.3 Å². The number of nitrogens with zero attached hydrogens (tertiary/aromatic N) is 7. The summed E-state index contributed by atoms with van der Waals surface area (Å²) >= 11 is 1.58. The number of piperazine rings is 1. The Morgan fingerprint density at radius 3 is 2.49 bits per heavy atom. The maximum Gasteiger partial charge on any atom is 0.319 e. The lowest BCUT2D eigenvalue weighted by atomic mass is 9.85. The van der Waals surface area contributed by atoms with E-state index in [0.29, 0.717) is 42.1 Å². The molecule has 7 atom stereocenters. The van der Waals surface area contributed by atoms with Crippen LogP contribution in [0.5, 0.6) is 11.8 Å². The van der Waals surface area contributed by atoms with Crippen LogP contribution in [0.25, 0.3) is 43.4 Å². The Hall–Kier alpha value is -6.38. The molecule has 2 bridgehead atoms. The van der Waals surface area contributed by atoms with Crippen molar-refractivity contribution in [2.75, 3.05) is 57.4 Å². The number of thiazole rings is 1. The number of benzene rings is 3. The minimum absolute atomic E-state index is 0.0101. The predicted molar refractivity (Wildman–Crippen MR) is 305 cm³/mol. The Morgan fingerprint density at radius 2 is 1.76 bits per heavy atom. The number of aromatic hydroxyl groups is 1. The summed E-state index contributed by atoms with van der Waals surface area (Å²) in [5.41, 5.74) is 5.84. The van der Waals surface area contributed by atoms with E-state index in [2.05, 4.69) is 37.7 Å². The molecule has 19 heteroatoms. The highest BCUT2D eigenvalue weighted by atomic mass is 32.1. The number of phenols is 1. The minimum Gasteiger partial charge on any atom is -0.508 e. The number of carbonyl (C=O) groups is 3. The van der Waals surface area contributed by atoms with Gasteiger partial charge >= 0.3 is 6.01 Å². The van der Waals surface area contributed by atoms with Gasteiger partial charge in [0, 0.05) is 69.0 Å². The van der Waals surface area contributed by atoms with Crippen LogP contribution < -0.4 is 25.6 Å². The van der Waals surface area contributed by atoms with Crippen molar-refractivity contribution in [2.24, 2.45) is 5.41 Å². The van der Waals surface area contributed by atoms with Gasteiger partial charge in [-0.15, -0.1) is 11.3 Å². The number of carbonyl (C=O) groups excluding carboxylic acids is 3. The summed E-state index contributed by atoms with van der Waals surface area (Å²) in [4.78, 5) is 67.3. The van der Waals surface area contributed by atoms with Crippen molar-refractivity contribution in [1.82, 2.24) is 45.7 Å². The Bertz CT molecular complexity index is 3160. The molecule has 3 aromatic heterocycles. The number of aromatic nitrogens is 4. The zero-order valence-corrected chi connectivity index (χ0v) is 47.1. The summed E-state index contributed by atoms with van der Waals surface area (Å²) in [6.07, 6.45) is 7.41. The van der Waals surface area contributed by atoms with Crippen molar-refractivity contribution in [1.29, 1.82) is 0 Å². The summed E-state index contributed by atoms with van der Waals surface area (Å²) < 4.78 is 29.5. The first-order valence-electron chi connectivity index (χ1n) is 28.2. The number of aryl methyl sites for hydroxylation is 2. The van der Waals surface area contributed by atoms with E-state index in [-0.39, 0.29) is 72.9 Å². The summed E-state index contributed by atoms with van der Waals surface area (Å²) in [6, 6.07) is 15.8. The number of aliphatic hydroxyl groups excluding tert-OH is 1. The maximum atomic E-state index is 17.2. The van der Waals surface area contributed by atoms with Gasteiger partial charge in [0.25, 0.3) is 0 Å². The Labute approximate surface area is 465 Å². The third kappa shape index (κ3) is 12.5. The lowest BCUT2D eigenvalue weighted by molar-refractivity contribution is -0.144. The quantitative estimate of drug-likeness (QED) is 0.0459. The maximum absolute atomic E-state index is 17.2. The number of rotatable bonds is 20. The lowest BCUT2D eigenvalue weighted by Crippen LogP contribution is -2.58. The van der Waals surface area contributed by atoms with Crippen molar-refractivity contribution in [3.8, 4) is 33.5 Å². The first kappa shape index (κ1) is 55.9. The molecular weight excluding hydrogens is 1020 g/mol. The fraction of sp³-hybridized carbons (Fsp3) is 0.517. The Kier molecular flexibility index (Phi) is 17.1. The number of ether oxygens (including phenoxy) is 2. The molecule has 3 amide bonds. The van der Waals surface area contributed by atoms with Gasteiger partial charge in [-0.05, 0) is 117 Å². The number of hydrogen-bond donors (Lipinski definition) is 5.